The molecular weight excluding hydrogens is 452 g/mol. The minimum absolute atomic E-state index is 0.0399. The second-order valence-electron chi connectivity index (χ2n) is 8.12. The van der Waals surface area contributed by atoms with Crippen molar-refractivity contribution in [3.63, 3.8) is 0 Å². The third-order valence-electron chi connectivity index (χ3n) is 6.01. The van der Waals surface area contributed by atoms with Crippen LogP contribution in [-0.4, -0.2) is 58.3 Å². The largest absolute Gasteiger partial charge is 0.480 e. The van der Waals surface area contributed by atoms with Gasteiger partial charge in [0.2, 0.25) is 0 Å². The van der Waals surface area contributed by atoms with Crippen molar-refractivity contribution in [2.45, 2.75) is 37.1 Å². The number of carbonyl (C=O) groups excluding carboxylic acids is 2. The van der Waals surface area contributed by atoms with Gasteiger partial charge in [0.1, 0.15) is 12.6 Å². The molecule has 0 aromatic heterocycles. The molecule has 2 N–H and O–H groups in total. The van der Waals surface area contributed by atoms with Gasteiger partial charge in [-0.1, -0.05) is 67.8 Å². The van der Waals surface area contributed by atoms with Crippen molar-refractivity contribution in [3.05, 3.63) is 59.7 Å². The smallest absolute Gasteiger partial charge is 0.407 e. The minimum atomic E-state index is -1.03. The number of ether oxygens (including phenoxy) is 1. The lowest BCUT2D eigenvalue weighted by atomic mass is 9.98. The number of hydrogen-bond donors (Lipinski definition) is 2. The summed E-state index contributed by atoms with van der Waals surface area (Å²) in [6, 6.07) is 15.3. The van der Waals surface area contributed by atoms with Crippen LogP contribution in [0.4, 0.5) is 4.79 Å². The van der Waals surface area contributed by atoms with Crippen LogP contribution in [-0.2, 0) is 14.3 Å². The molecule has 1 aliphatic heterocycles. The predicted octanol–water partition coefficient (Wildman–Crippen LogP) is 3.68. The van der Waals surface area contributed by atoms with E-state index in [2.05, 4.69) is 29.3 Å². The molecule has 2 aromatic carbocycles. The molecular formula is C26H26N2O5S. The molecule has 2 amide bonds. The number of hydrogen-bond acceptors (Lipinski definition) is 5. The normalized spacial score (nSPS) is 18.4. The third kappa shape index (κ3) is 4.90. The summed E-state index contributed by atoms with van der Waals surface area (Å²) in [6.07, 6.45) is 0.928. The quantitative estimate of drug-likeness (QED) is 0.615. The number of rotatable bonds is 6. The number of nitrogens with one attached hydrogen (secondary N) is 1. The van der Waals surface area contributed by atoms with Crippen molar-refractivity contribution in [3.8, 4) is 23.0 Å². The average Bonchev–Trinajstić information content (AvgIpc) is 3.40. The molecule has 1 aliphatic carbocycles. The molecule has 34 heavy (non-hydrogen) atoms. The molecule has 2 atom stereocenters. The van der Waals surface area contributed by atoms with Gasteiger partial charge in [0.25, 0.3) is 5.91 Å². The number of carboxylic acid groups (broad SMARTS) is 1. The maximum absolute atomic E-state index is 12.6. The van der Waals surface area contributed by atoms with E-state index in [-0.39, 0.29) is 24.4 Å². The highest BCUT2D eigenvalue weighted by Crippen LogP contribution is 2.44. The molecule has 176 valence electrons. The molecule has 1 fully saturated rings. The fraction of sp³-hybridized carbons (Fsp3) is 0.346. The number of thioether (sulfide) groups is 1. The Balaban J connectivity index is 1.31. The van der Waals surface area contributed by atoms with E-state index in [4.69, 9.17) is 4.74 Å². The number of carboxylic acids is 1. The third-order valence-corrected chi connectivity index (χ3v) is 7.36. The van der Waals surface area contributed by atoms with Crippen molar-refractivity contribution in [2.24, 2.45) is 0 Å². The Kier molecular flexibility index (Phi) is 7.43. The lowest BCUT2D eigenvalue weighted by molar-refractivity contribution is -0.147. The lowest BCUT2D eigenvalue weighted by Gasteiger charge is -2.24. The van der Waals surface area contributed by atoms with Gasteiger partial charge in [0, 0.05) is 11.7 Å². The van der Waals surface area contributed by atoms with Gasteiger partial charge in [-0.15, -0.1) is 11.8 Å². The number of aliphatic carboxylic acids is 1. The van der Waals surface area contributed by atoms with Crippen LogP contribution < -0.4 is 5.32 Å². The number of nitrogens with zero attached hydrogens (tertiary/aromatic N) is 1. The summed E-state index contributed by atoms with van der Waals surface area (Å²) in [5, 5.41) is 11.8. The first kappa shape index (κ1) is 23.7. The average molecular weight is 479 g/mol. The van der Waals surface area contributed by atoms with Gasteiger partial charge < -0.3 is 20.1 Å². The Morgan fingerprint density at radius 2 is 1.76 bits per heavy atom. The summed E-state index contributed by atoms with van der Waals surface area (Å²) in [7, 11) is 0. The van der Waals surface area contributed by atoms with Crippen LogP contribution in [0.25, 0.3) is 11.1 Å². The van der Waals surface area contributed by atoms with E-state index in [0.717, 1.165) is 28.7 Å². The van der Waals surface area contributed by atoms with Gasteiger partial charge in [0.05, 0.1) is 11.9 Å². The molecule has 2 aliphatic rings. The van der Waals surface area contributed by atoms with E-state index in [1.807, 2.05) is 43.3 Å². The summed E-state index contributed by atoms with van der Waals surface area (Å²) in [5.41, 5.74) is 4.55. The van der Waals surface area contributed by atoms with E-state index in [0.29, 0.717) is 12.2 Å². The van der Waals surface area contributed by atoms with Crippen LogP contribution in [0.1, 0.15) is 36.8 Å². The van der Waals surface area contributed by atoms with Gasteiger partial charge in [0.15, 0.2) is 0 Å². The Hall–Kier alpha value is -3.44. The number of alkyl carbamates (subject to hydrolysis) is 1. The molecule has 8 heteroatoms. The highest BCUT2D eigenvalue weighted by atomic mass is 32.2. The Morgan fingerprint density at radius 3 is 2.38 bits per heavy atom. The summed E-state index contributed by atoms with van der Waals surface area (Å²) in [5.74, 6) is 3.83. The van der Waals surface area contributed by atoms with E-state index in [1.165, 1.54) is 16.7 Å². The van der Waals surface area contributed by atoms with Crippen molar-refractivity contribution < 1.29 is 24.2 Å². The van der Waals surface area contributed by atoms with Crippen molar-refractivity contribution in [2.75, 3.05) is 18.9 Å². The molecule has 2 aromatic rings. The maximum Gasteiger partial charge on any atom is 0.407 e. The summed E-state index contributed by atoms with van der Waals surface area (Å²) in [6.45, 7) is 2.11. The van der Waals surface area contributed by atoms with Gasteiger partial charge in [-0.2, -0.15) is 0 Å². The van der Waals surface area contributed by atoms with Crippen LogP contribution in [0, 0.1) is 11.8 Å². The standard InChI is InChI=1S/C26H26N2O5S/c1-2-8-24-28(22(16-34-24)25(30)31)23(29)13-7-14-27-26(32)33-15-21-19-11-5-3-9-17(19)18-10-4-6-12-20(18)21/h3-6,9-12,21-22,24H,2,8,14-16H2,1H3,(H,27,32)(H,30,31). The first-order valence-electron chi connectivity index (χ1n) is 11.3. The molecule has 7 nitrogen and oxygen atoms in total. The molecule has 2 unspecified atom stereocenters. The summed E-state index contributed by atoms with van der Waals surface area (Å²) < 4.78 is 5.45. The fourth-order valence-electron chi connectivity index (χ4n) is 4.45. The highest BCUT2D eigenvalue weighted by molar-refractivity contribution is 8.00. The van der Waals surface area contributed by atoms with E-state index < -0.39 is 24.0 Å². The van der Waals surface area contributed by atoms with Crippen LogP contribution in [0.5, 0.6) is 0 Å². The van der Waals surface area contributed by atoms with Crippen molar-refractivity contribution in [1.82, 2.24) is 10.2 Å². The molecule has 0 radical (unpaired) electrons. The highest BCUT2D eigenvalue weighted by Gasteiger charge is 2.40. The van der Waals surface area contributed by atoms with Gasteiger partial charge >= 0.3 is 12.1 Å². The summed E-state index contributed by atoms with van der Waals surface area (Å²) in [4.78, 5) is 37.6. The fourth-order valence-corrected chi connectivity index (χ4v) is 5.96. The van der Waals surface area contributed by atoms with Crippen molar-refractivity contribution in [1.29, 1.82) is 0 Å². The minimum Gasteiger partial charge on any atom is -0.480 e. The number of fused-ring (bicyclic) bond motifs is 3. The number of carbonyl (C=O) groups is 3. The second kappa shape index (κ2) is 10.7. The number of amides is 2. The Morgan fingerprint density at radius 1 is 1.12 bits per heavy atom. The van der Waals surface area contributed by atoms with E-state index >= 15 is 0 Å². The van der Waals surface area contributed by atoms with E-state index in [9.17, 15) is 19.5 Å². The zero-order chi connectivity index (χ0) is 24.1. The summed E-state index contributed by atoms with van der Waals surface area (Å²) >= 11 is 1.46. The van der Waals surface area contributed by atoms with Crippen LogP contribution in [0.3, 0.4) is 0 Å². The SMILES string of the molecule is CCCC1SCC(C(=O)O)N1C(=O)C#CCNC(=O)OCC1c2ccccc2-c2ccccc21. The zero-order valence-electron chi connectivity index (χ0n) is 18.8. The number of benzene rings is 2. The molecule has 1 heterocycles. The Labute approximate surface area is 202 Å². The lowest BCUT2D eigenvalue weighted by Crippen LogP contribution is -2.45. The molecule has 1 saturated heterocycles. The first-order valence-corrected chi connectivity index (χ1v) is 12.3. The van der Waals surface area contributed by atoms with E-state index in [1.54, 1.807) is 0 Å². The van der Waals surface area contributed by atoms with Gasteiger partial charge in [-0.05, 0) is 34.6 Å². The molecule has 4 rings (SSSR count). The second-order valence-corrected chi connectivity index (χ2v) is 9.33. The molecule has 0 spiro atoms. The monoisotopic (exact) mass is 478 g/mol. The van der Waals surface area contributed by atoms with Crippen molar-refractivity contribution >= 4 is 29.7 Å². The van der Waals surface area contributed by atoms with Crippen LogP contribution in [0.2, 0.25) is 0 Å². The zero-order valence-corrected chi connectivity index (χ0v) is 19.6. The van der Waals surface area contributed by atoms with Crippen LogP contribution >= 0.6 is 11.8 Å². The maximum atomic E-state index is 12.6. The molecule has 0 saturated carbocycles. The predicted molar refractivity (Wildman–Crippen MR) is 130 cm³/mol. The molecule has 0 bridgehead atoms. The topological polar surface area (TPSA) is 95.9 Å². The van der Waals surface area contributed by atoms with Gasteiger partial charge in [-0.25, -0.2) is 9.59 Å². The first-order chi connectivity index (χ1) is 16.5. The Bertz CT molecular complexity index is 1110. The van der Waals surface area contributed by atoms with Crippen LogP contribution in [0.15, 0.2) is 48.5 Å². The van der Waals surface area contributed by atoms with Gasteiger partial charge in [-0.3, -0.25) is 4.79 Å².